The Balaban J connectivity index is 1.65. The molecule has 22 heavy (non-hydrogen) atoms. The van der Waals surface area contributed by atoms with Gasteiger partial charge in [-0.3, -0.25) is 9.59 Å². The van der Waals surface area contributed by atoms with Crippen molar-refractivity contribution >= 4 is 23.4 Å². The molecule has 0 aromatic heterocycles. The van der Waals surface area contributed by atoms with Crippen molar-refractivity contribution in [3.8, 4) is 0 Å². The number of likely N-dealkylation sites (tertiary alicyclic amines) is 1. The highest BCUT2D eigenvalue weighted by Gasteiger charge is 2.62. The van der Waals surface area contributed by atoms with E-state index in [4.69, 9.17) is 16.3 Å². The van der Waals surface area contributed by atoms with Crippen molar-refractivity contribution in [2.45, 2.75) is 24.6 Å². The molecule has 0 saturated carbocycles. The van der Waals surface area contributed by atoms with Crippen LogP contribution >= 0.6 is 11.6 Å². The van der Waals surface area contributed by atoms with E-state index in [2.05, 4.69) is 0 Å². The number of ether oxygens (including phenoxy) is 1. The highest BCUT2D eigenvalue weighted by atomic mass is 35.5. The van der Waals surface area contributed by atoms with Gasteiger partial charge in [0.05, 0.1) is 24.1 Å². The molecule has 0 N–H and O–H groups in total. The summed E-state index contributed by atoms with van der Waals surface area (Å²) in [5.74, 6) is -0.896. The van der Waals surface area contributed by atoms with Gasteiger partial charge in [0.1, 0.15) is 5.82 Å². The molecule has 5 nitrogen and oxygen atoms in total. The maximum absolute atomic E-state index is 13.6. The van der Waals surface area contributed by atoms with Crippen molar-refractivity contribution in [3.63, 3.8) is 0 Å². The van der Waals surface area contributed by atoms with Gasteiger partial charge in [0.25, 0.3) is 5.91 Å². The number of amides is 2. The van der Waals surface area contributed by atoms with E-state index in [1.807, 2.05) is 0 Å². The van der Waals surface area contributed by atoms with Gasteiger partial charge in [-0.15, -0.1) is 0 Å². The van der Waals surface area contributed by atoms with Crippen LogP contribution in [0.2, 0.25) is 5.02 Å². The van der Waals surface area contributed by atoms with Gasteiger partial charge in [0, 0.05) is 25.1 Å². The topological polar surface area (TPSA) is 49.9 Å². The Kier molecular flexibility index (Phi) is 2.96. The van der Waals surface area contributed by atoms with Gasteiger partial charge in [-0.1, -0.05) is 11.6 Å². The second-order valence-electron chi connectivity index (χ2n) is 5.84. The number of halogens is 2. The minimum Gasteiger partial charge on any atom is -0.351 e. The maximum Gasteiger partial charge on any atom is 0.254 e. The zero-order valence-corrected chi connectivity index (χ0v) is 12.5. The van der Waals surface area contributed by atoms with E-state index >= 15 is 0 Å². The molecule has 116 valence electrons. The van der Waals surface area contributed by atoms with Crippen molar-refractivity contribution in [1.29, 1.82) is 0 Å². The number of nitrogens with zero attached hydrogens (tertiary/aromatic N) is 2. The van der Waals surface area contributed by atoms with Crippen LogP contribution in [0.3, 0.4) is 0 Å². The fourth-order valence-corrected chi connectivity index (χ4v) is 3.95. The molecule has 2 amide bonds. The molecular weight excluding hydrogens is 311 g/mol. The van der Waals surface area contributed by atoms with Crippen LogP contribution in [0.4, 0.5) is 4.39 Å². The second-order valence-corrected chi connectivity index (χ2v) is 6.24. The van der Waals surface area contributed by atoms with Crippen molar-refractivity contribution in [2.75, 3.05) is 19.7 Å². The zero-order valence-electron chi connectivity index (χ0n) is 11.7. The highest BCUT2D eigenvalue weighted by molar-refractivity contribution is 6.30. The van der Waals surface area contributed by atoms with Crippen LogP contribution in [0, 0.1) is 5.82 Å². The van der Waals surface area contributed by atoms with Gasteiger partial charge in [0.2, 0.25) is 5.91 Å². The average molecular weight is 325 g/mol. The van der Waals surface area contributed by atoms with E-state index in [-0.39, 0.29) is 34.9 Å². The number of benzene rings is 1. The summed E-state index contributed by atoms with van der Waals surface area (Å²) in [6.45, 7) is 1.57. The molecule has 0 unspecified atom stereocenters. The van der Waals surface area contributed by atoms with Crippen LogP contribution in [0.25, 0.3) is 0 Å². The number of carbonyl (C=O) groups is 2. The third kappa shape index (κ3) is 1.74. The first-order chi connectivity index (χ1) is 10.5. The fraction of sp³-hybridized carbons (Fsp3) is 0.467. The standard InChI is InChI=1S/C15H14ClFN2O3/c16-10-2-1-9(7-11(10)17)14(21)18-4-3-15-12(18)8-13(20)19(15)5-6-22-15/h1-2,7,12H,3-6,8H2/t12-,15+/m1/s1. The van der Waals surface area contributed by atoms with E-state index in [1.165, 1.54) is 12.1 Å². The number of hydrogen-bond donors (Lipinski definition) is 0. The van der Waals surface area contributed by atoms with E-state index < -0.39 is 11.5 Å². The molecule has 3 aliphatic heterocycles. The van der Waals surface area contributed by atoms with Gasteiger partial charge in [0.15, 0.2) is 5.72 Å². The van der Waals surface area contributed by atoms with Crippen LogP contribution in [0.5, 0.6) is 0 Å². The fourth-order valence-electron chi connectivity index (χ4n) is 3.83. The quantitative estimate of drug-likeness (QED) is 0.789. The third-order valence-electron chi connectivity index (χ3n) is 4.83. The summed E-state index contributed by atoms with van der Waals surface area (Å²) >= 11 is 5.65. The Hall–Kier alpha value is -1.66. The second kappa shape index (κ2) is 4.67. The monoisotopic (exact) mass is 324 g/mol. The lowest BCUT2D eigenvalue weighted by Crippen LogP contribution is -2.48. The van der Waals surface area contributed by atoms with Gasteiger partial charge < -0.3 is 14.5 Å². The predicted molar refractivity (Wildman–Crippen MR) is 75.9 cm³/mol. The lowest BCUT2D eigenvalue weighted by atomic mass is 10.1. The van der Waals surface area contributed by atoms with Crippen molar-refractivity contribution in [3.05, 3.63) is 34.6 Å². The Morgan fingerprint density at radius 3 is 3.00 bits per heavy atom. The Bertz CT molecular complexity index is 683. The molecule has 1 aromatic rings. The summed E-state index contributed by atoms with van der Waals surface area (Å²) in [4.78, 5) is 28.1. The van der Waals surface area contributed by atoms with E-state index in [1.54, 1.807) is 9.80 Å². The summed E-state index contributed by atoms with van der Waals surface area (Å²) < 4.78 is 19.4. The van der Waals surface area contributed by atoms with E-state index in [0.717, 1.165) is 6.07 Å². The molecule has 0 bridgehead atoms. The largest absolute Gasteiger partial charge is 0.351 e. The zero-order chi connectivity index (χ0) is 15.5. The van der Waals surface area contributed by atoms with Gasteiger partial charge in [-0.05, 0) is 18.2 Å². The lowest BCUT2D eigenvalue weighted by Gasteiger charge is -2.31. The van der Waals surface area contributed by atoms with Crippen LogP contribution in [0.1, 0.15) is 23.2 Å². The predicted octanol–water partition coefficient (Wildman–Crippen LogP) is 1.65. The molecule has 3 heterocycles. The molecule has 0 aliphatic carbocycles. The lowest BCUT2D eigenvalue weighted by molar-refractivity contribution is -0.136. The average Bonchev–Trinajstić information content (AvgIpc) is 3.13. The normalized spacial score (nSPS) is 29.9. The molecule has 3 fully saturated rings. The SMILES string of the molecule is O=C(c1ccc(Cl)c(F)c1)N1CC[C@@]23OCCN2C(=O)C[C@@H]13. The maximum atomic E-state index is 13.6. The first-order valence-corrected chi connectivity index (χ1v) is 7.61. The Labute approximate surface area is 131 Å². The van der Waals surface area contributed by atoms with Crippen molar-refractivity contribution in [2.24, 2.45) is 0 Å². The first kappa shape index (κ1) is 14.0. The van der Waals surface area contributed by atoms with E-state index in [9.17, 15) is 14.0 Å². The summed E-state index contributed by atoms with van der Waals surface area (Å²) in [5, 5.41) is -0.0178. The van der Waals surface area contributed by atoms with Gasteiger partial charge >= 0.3 is 0 Å². The molecular formula is C15H14ClFN2O3. The molecule has 3 saturated heterocycles. The molecule has 0 radical (unpaired) electrons. The number of carbonyl (C=O) groups excluding carboxylic acids is 2. The molecule has 3 aliphatic rings. The number of hydrogen-bond acceptors (Lipinski definition) is 3. The first-order valence-electron chi connectivity index (χ1n) is 7.23. The smallest absolute Gasteiger partial charge is 0.254 e. The van der Waals surface area contributed by atoms with E-state index in [0.29, 0.717) is 26.1 Å². The minimum atomic E-state index is -0.669. The molecule has 7 heteroatoms. The van der Waals surface area contributed by atoms with Crippen molar-refractivity contribution < 1.29 is 18.7 Å². The Morgan fingerprint density at radius 1 is 1.41 bits per heavy atom. The van der Waals surface area contributed by atoms with Gasteiger partial charge in [-0.2, -0.15) is 0 Å². The van der Waals surface area contributed by atoms with Crippen LogP contribution in [-0.2, 0) is 9.53 Å². The highest BCUT2D eigenvalue weighted by Crippen LogP contribution is 2.45. The van der Waals surface area contributed by atoms with Crippen LogP contribution in [0.15, 0.2) is 18.2 Å². The summed E-state index contributed by atoms with van der Waals surface area (Å²) in [5.41, 5.74) is -0.430. The summed E-state index contributed by atoms with van der Waals surface area (Å²) in [6, 6.07) is 3.71. The molecule has 2 atom stereocenters. The Morgan fingerprint density at radius 2 is 2.23 bits per heavy atom. The van der Waals surface area contributed by atoms with Crippen LogP contribution < -0.4 is 0 Å². The number of rotatable bonds is 1. The van der Waals surface area contributed by atoms with Crippen LogP contribution in [-0.4, -0.2) is 53.1 Å². The van der Waals surface area contributed by atoms with Gasteiger partial charge in [-0.25, -0.2) is 4.39 Å². The molecule has 1 aromatic carbocycles. The third-order valence-corrected chi connectivity index (χ3v) is 5.13. The summed E-state index contributed by atoms with van der Waals surface area (Å²) in [6.07, 6.45) is 0.868. The molecule has 1 spiro atoms. The molecule has 4 rings (SSSR count). The van der Waals surface area contributed by atoms with Crippen molar-refractivity contribution in [1.82, 2.24) is 9.80 Å². The minimum absolute atomic E-state index is 0.0160. The summed E-state index contributed by atoms with van der Waals surface area (Å²) in [7, 11) is 0.